The molecule has 0 atom stereocenters. The molecule has 0 aromatic heterocycles. The van der Waals surface area contributed by atoms with Crippen molar-refractivity contribution in [1.82, 2.24) is 10.2 Å². The summed E-state index contributed by atoms with van der Waals surface area (Å²) in [6.07, 6.45) is 4.55. The summed E-state index contributed by atoms with van der Waals surface area (Å²) in [5.74, 6) is -1.28. The molecule has 0 radical (unpaired) electrons. The summed E-state index contributed by atoms with van der Waals surface area (Å²) in [5, 5.41) is 11.8. The molecule has 5 heteroatoms. The van der Waals surface area contributed by atoms with Gasteiger partial charge in [-0.25, -0.2) is 4.79 Å². The molecule has 2 fully saturated rings. The number of amides is 1. The summed E-state index contributed by atoms with van der Waals surface area (Å²) in [7, 11) is 0. The van der Waals surface area contributed by atoms with Crippen molar-refractivity contribution in [2.24, 2.45) is 0 Å². The summed E-state index contributed by atoms with van der Waals surface area (Å²) < 4.78 is 0. The highest BCUT2D eigenvalue weighted by molar-refractivity contribution is 6.01. The highest BCUT2D eigenvalue weighted by atomic mass is 16.4. The van der Waals surface area contributed by atoms with E-state index in [-0.39, 0.29) is 17.5 Å². The van der Waals surface area contributed by atoms with Gasteiger partial charge in [0, 0.05) is 36.3 Å². The van der Waals surface area contributed by atoms with Crippen LogP contribution in [0.1, 0.15) is 39.5 Å². The van der Waals surface area contributed by atoms with Gasteiger partial charge >= 0.3 is 5.97 Å². The van der Waals surface area contributed by atoms with Gasteiger partial charge in [-0.15, -0.1) is 0 Å². The van der Waals surface area contributed by atoms with Gasteiger partial charge in [0.05, 0.1) is 0 Å². The number of nitrogens with zero attached hydrogens (tertiary/aromatic N) is 1. The molecular weight excluding hydrogens is 244 g/mol. The van der Waals surface area contributed by atoms with Crippen LogP contribution in [-0.4, -0.2) is 47.1 Å². The fourth-order valence-corrected chi connectivity index (χ4v) is 2.47. The zero-order valence-electron chi connectivity index (χ0n) is 11.6. The molecule has 1 saturated carbocycles. The normalized spacial score (nSPS) is 22.8. The topological polar surface area (TPSA) is 69.6 Å². The van der Waals surface area contributed by atoms with Crippen molar-refractivity contribution in [3.63, 3.8) is 0 Å². The standard InChI is InChI=1S/C14H22N2O3/c1-9(10(2)14(18)19)13(17)15-11-5-7-16(8-6-11)12-3-4-12/h11-12H,3-8H2,1-2H3,(H,15,17)(H,18,19). The van der Waals surface area contributed by atoms with Crippen molar-refractivity contribution >= 4 is 11.9 Å². The molecule has 1 aliphatic carbocycles. The highest BCUT2D eigenvalue weighted by Crippen LogP contribution is 2.29. The van der Waals surface area contributed by atoms with Crippen LogP contribution in [0.25, 0.3) is 0 Å². The fraction of sp³-hybridized carbons (Fsp3) is 0.714. The minimum absolute atomic E-state index is 0.118. The second kappa shape index (κ2) is 5.74. The van der Waals surface area contributed by atoms with Crippen molar-refractivity contribution in [2.45, 2.75) is 51.6 Å². The average molecular weight is 266 g/mol. The zero-order valence-corrected chi connectivity index (χ0v) is 11.6. The Labute approximate surface area is 113 Å². The molecular formula is C14H22N2O3. The maximum Gasteiger partial charge on any atom is 0.331 e. The molecule has 19 heavy (non-hydrogen) atoms. The van der Waals surface area contributed by atoms with Gasteiger partial charge in [0.2, 0.25) is 5.91 Å². The molecule has 5 nitrogen and oxygen atoms in total. The van der Waals surface area contributed by atoms with Crippen LogP contribution < -0.4 is 5.32 Å². The van der Waals surface area contributed by atoms with E-state index in [1.807, 2.05) is 0 Å². The van der Waals surface area contributed by atoms with Crippen molar-refractivity contribution in [3.8, 4) is 0 Å². The number of aliphatic carboxylic acids is 1. The van der Waals surface area contributed by atoms with Gasteiger partial charge in [-0.1, -0.05) is 0 Å². The first-order valence-electron chi connectivity index (χ1n) is 6.94. The Kier molecular flexibility index (Phi) is 4.24. The summed E-state index contributed by atoms with van der Waals surface area (Å²) in [6.45, 7) is 5.11. The lowest BCUT2D eigenvalue weighted by Crippen LogP contribution is -2.45. The number of carbonyl (C=O) groups excluding carboxylic acids is 1. The number of hydrogen-bond donors (Lipinski definition) is 2. The second-order valence-electron chi connectivity index (χ2n) is 5.57. The van der Waals surface area contributed by atoms with E-state index in [1.54, 1.807) is 6.92 Å². The average Bonchev–Trinajstić information content (AvgIpc) is 3.22. The lowest BCUT2D eigenvalue weighted by molar-refractivity contribution is -0.133. The predicted molar refractivity (Wildman–Crippen MR) is 71.8 cm³/mol. The molecule has 0 spiro atoms. The van der Waals surface area contributed by atoms with Crippen LogP contribution in [0.3, 0.4) is 0 Å². The van der Waals surface area contributed by atoms with Gasteiger partial charge in [0.25, 0.3) is 0 Å². The van der Waals surface area contributed by atoms with Crippen molar-refractivity contribution in [2.75, 3.05) is 13.1 Å². The van der Waals surface area contributed by atoms with E-state index in [9.17, 15) is 9.59 Å². The van der Waals surface area contributed by atoms with E-state index < -0.39 is 5.97 Å². The first-order chi connectivity index (χ1) is 8.99. The van der Waals surface area contributed by atoms with Crippen LogP contribution in [-0.2, 0) is 9.59 Å². The number of carboxylic acid groups (broad SMARTS) is 1. The number of piperidine rings is 1. The van der Waals surface area contributed by atoms with Crippen molar-refractivity contribution in [3.05, 3.63) is 11.1 Å². The van der Waals surface area contributed by atoms with Crippen LogP contribution in [0.4, 0.5) is 0 Å². The summed E-state index contributed by atoms with van der Waals surface area (Å²) in [4.78, 5) is 25.3. The second-order valence-corrected chi connectivity index (χ2v) is 5.57. The molecule has 1 amide bonds. The molecule has 106 valence electrons. The highest BCUT2D eigenvalue weighted by Gasteiger charge is 2.32. The Hall–Kier alpha value is -1.36. The van der Waals surface area contributed by atoms with Crippen molar-refractivity contribution in [1.29, 1.82) is 0 Å². The SMILES string of the molecule is CC(C(=O)O)=C(C)C(=O)NC1CCN(C2CC2)CC1. The van der Waals surface area contributed by atoms with Gasteiger partial charge in [0.15, 0.2) is 0 Å². The van der Waals surface area contributed by atoms with E-state index in [2.05, 4.69) is 10.2 Å². The van der Waals surface area contributed by atoms with Gasteiger partial charge < -0.3 is 15.3 Å². The molecule has 0 bridgehead atoms. The minimum Gasteiger partial charge on any atom is -0.478 e. The molecule has 1 heterocycles. The lowest BCUT2D eigenvalue weighted by Gasteiger charge is -2.32. The third-order valence-electron chi connectivity index (χ3n) is 4.15. The first kappa shape index (κ1) is 14.1. The van der Waals surface area contributed by atoms with Crippen LogP contribution >= 0.6 is 0 Å². The molecule has 0 aromatic carbocycles. The molecule has 2 aliphatic rings. The quantitative estimate of drug-likeness (QED) is 0.749. The molecule has 0 unspecified atom stereocenters. The third-order valence-corrected chi connectivity index (χ3v) is 4.15. The fourth-order valence-electron chi connectivity index (χ4n) is 2.47. The number of carbonyl (C=O) groups is 2. The Balaban J connectivity index is 1.83. The van der Waals surface area contributed by atoms with Crippen LogP contribution in [0.5, 0.6) is 0 Å². The van der Waals surface area contributed by atoms with E-state index in [1.165, 1.54) is 19.8 Å². The van der Waals surface area contributed by atoms with Crippen LogP contribution in [0.2, 0.25) is 0 Å². The number of carboxylic acids is 1. The maximum atomic E-state index is 11.9. The molecule has 2 rings (SSSR count). The predicted octanol–water partition coefficient (Wildman–Crippen LogP) is 1.15. The van der Waals surface area contributed by atoms with Gasteiger partial charge in [0.1, 0.15) is 0 Å². The Morgan fingerprint density at radius 2 is 1.63 bits per heavy atom. The Morgan fingerprint density at radius 1 is 1.05 bits per heavy atom. The van der Waals surface area contributed by atoms with Gasteiger partial charge in [-0.3, -0.25) is 4.79 Å². The number of nitrogens with one attached hydrogen (secondary N) is 1. The van der Waals surface area contributed by atoms with Crippen LogP contribution in [0.15, 0.2) is 11.1 Å². The lowest BCUT2D eigenvalue weighted by atomic mass is 10.0. The minimum atomic E-state index is -1.03. The summed E-state index contributed by atoms with van der Waals surface area (Å²) in [5.41, 5.74) is 0.421. The van der Waals surface area contributed by atoms with Gasteiger partial charge in [-0.2, -0.15) is 0 Å². The zero-order chi connectivity index (χ0) is 14.0. The van der Waals surface area contributed by atoms with E-state index in [0.717, 1.165) is 32.0 Å². The Bertz CT molecular complexity index is 405. The molecule has 1 aliphatic heterocycles. The molecule has 0 aromatic rings. The van der Waals surface area contributed by atoms with Gasteiger partial charge in [-0.05, 0) is 39.5 Å². The molecule has 2 N–H and O–H groups in total. The van der Waals surface area contributed by atoms with Crippen LogP contribution in [0, 0.1) is 0 Å². The molecule has 1 saturated heterocycles. The van der Waals surface area contributed by atoms with E-state index in [4.69, 9.17) is 5.11 Å². The smallest absolute Gasteiger partial charge is 0.331 e. The largest absolute Gasteiger partial charge is 0.478 e. The number of rotatable bonds is 4. The van der Waals surface area contributed by atoms with E-state index >= 15 is 0 Å². The third kappa shape index (κ3) is 3.56. The number of likely N-dealkylation sites (tertiary alicyclic amines) is 1. The summed E-state index contributed by atoms with van der Waals surface area (Å²) in [6, 6.07) is 0.964. The van der Waals surface area contributed by atoms with E-state index in [0.29, 0.717) is 5.57 Å². The number of hydrogen-bond acceptors (Lipinski definition) is 3. The maximum absolute atomic E-state index is 11.9. The summed E-state index contributed by atoms with van der Waals surface area (Å²) >= 11 is 0. The van der Waals surface area contributed by atoms with Crippen molar-refractivity contribution < 1.29 is 14.7 Å². The monoisotopic (exact) mass is 266 g/mol. The Morgan fingerprint density at radius 3 is 2.11 bits per heavy atom. The first-order valence-corrected chi connectivity index (χ1v) is 6.94.